The van der Waals surface area contributed by atoms with Crippen LogP contribution in [0.2, 0.25) is 0 Å². The van der Waals surface area contributed by atoms with Crippen LogP contribution in [0.4, 0.5) is 11.4 Å². The van der Waals surface area contributed by atoms with Gasteiger partial charge in [0, 0.05) is 9.40 Å². The van der Waals surface area contributed by atoms with Crippen LogP contribution in [0, 0.1) is 27.7 Å². The summed E-state index contributed by atoms with van der Waals surface area (Å²) in [5, 5.41) is 0. The van der Waals surface area contributed by atoms with Crippen LogP contribution in [0.3, 0.4) is 0 Å². The Bertz CT molecular complexity index is 1170. The van der Waals surface area contributed by atoms with Gasteiger partial charge in [-0.25, -0.2) is 9.98 Å². The average molecular weight is 403 g/mol. The Morgan fingerprint density at radius 2 is 0.857 bits per heavy atom. The molecule has 2 nitrogen and oxygen atoms in total. The number of hydrogen-bond donors (Lipinski definition) is 0. The molecule has 1 heterocycles. The Morgan fingerprint density at radius 3 is 1.21 bits per heavy atom. The summed E-state index contributed by atoms with van der Waals surface area (Å²) in [6.07, 6.45) is 0. The van der Waals surface area contributed by atoms with E-state index in [1.54, 1.807) is 22.7 Å². The van der Waals surface area contributed by atoms with E-state index in [1.165, 1.54) is 31.7 Å². The maximum absolute atomic E-state index is 5.08. The molecule has 0 spiro atoms. The van der Waals surface area contributed by atoms with E-state index < -0.39 is 0 Å². The molecule has 4 aromatic rings. The summed E-state index contributed by atoms with van der Waals surface area (Å²) in [6.45, 7) is 8.46. The van der Waals surface area contributed by atoms with Gasteiger partial charge in [-0.3, -0.25) is 0 Å². The molecular formula is C24H22N2S2. The molecular weight excluding hydrogens is 380 g/mol. The number of fused-ring (bicyclic) bond motifs is 1. The van der Waals surface area contributed by atoms with Crippen molar-refractivity contribution < 1.29 is 0 Å². The second-order valence-corrected chi connectivity index (χ2v) is 9.03. The lowest BCUT2D eigenvalue weighted by molar-refractivity contribution is 1.24. The monoisotopic (exact) mass is 402 g/mol. The minimum Gasteiger partial charge on any atom is -0.234 e. The molecule has 0 aliphatic heterocycles. The highest BCUT2D eigenvalue weighted by Gasteiger charge is 2.05. The molecule has 0 saturated carbocycles. The van der Waals surface area contributed by atoms with Crippen LogP contribution in [0.15, 0.2) is 70.6 Å². The van der Waals surface area contributed by atoms with E-state index >= 15 is 0 Å². The third kappa shape index (κ3) is 3.71. The summed E-state index contributed by atoms with van der Waals surface area (Å²) in [4.78, 5) is 10.2. The SMILES string of the molecule is Cc1cccc(C)c1N=c1sc2ccccc2sc1=Nc1c(C)cccc1C. The quantitative estimate of drug-likeness (QED) is 0.358. The van der Waals surface area contributed by atoms with Crippen LogP contribution in [0.5, 0.6) is 0 Å². The predicted molar refractivity (Wildman–Crippen MR) is 122 cm³/mol. The molecule has 0 atom stereocenters. The highest BCUT2D eigenvalue weighted by Crippen LogP contribution is 2.25. The zero-order chi connectivity index (χ0) is 19.7. The van der Waals surface area contributed by atoms with Crippen molar-refractivity contribution in [3.8, 4) is 0 Å². The van der Waals surface area contributed by atoms with Crippen molar-refractivity contribution in [2.75, 3.05) is 0 Å². The molecule has 28 heavy (non-hydrogen) atoms. The molecule has 1 aromatic heterocycles. The first-order chi connectivity index (χ1) is 13.5. The van der Waals surface area contributed by atoms with E-state index in [9.17, 15) is 0 Å². The number of benzene rings is 3. The first-order valence-corrected chi connectivity index (χ1v) is 10.9. The summed E-state index contributed by atoms with van der Waals surface area (Å²) in [5.74, 6) is 0. The number of nitrogens with zero attached hydrogens (tertiary/aromatic N) is 2. The molecule has 0 unspecified atom stereocenters. The Labute approximate surface area is 173 Å². The van der Waals surface area contributed by atoms with Crippen molar-refractivity contribution in [1.82, 2.24) is 0 Å². The van der Waals surface area contributed by atoms with Gasteiger partial charge in [0.1, 0.15) is 0 Å². The van der Waals surface area contributed by atoms with Crippen molar-refractivity contribution in [2.45, 2.75) is 27.7 Å². The van der Waals surface area contributed by atoms with E-state index in [1.807, 2.05) is 0 Å². The van der Waals surface area contributed by atoms with E-state index in [-0.39, 0.29) is 0 Å². The predicted octanol–water partition coefficient (Wildman–Crippen LogP) is 6.66. The Hall–Kier alpha value is -2.56. The normalized spacial score (nSPS) is 12.7. The zero-order valence-electron chi connectivity index (χ0n) is 16.5. The summed E-state index contributed by atoms with van der Waals surface area (Å²) < 4.78 is 4.39. The Balaban J connectivity index is 2.10. The molecule has 0 amide bonds. The topological polar surface area (TPSA) is 24.7 Å². The fourth-order valence-electron chi connectivity index (χ4n) is 3.22. The van der Waals surface area contributed by atoms with Gasteiger partial charge in [-0.15, -0.1) is 22.7 Å². The summed E-state index contributed by atoms with van der Waals surface area (Å²) in [7, 11) is 0. The van der Waals surface area contributed by atoms with Crippen molar-refractivity contribution >= 4 is 43.4 Å². The second-order valence-electron chi connectivity index (χ2n) is 6.97. The smallest absolute Gasteiger partial charge is 0.153 e. The van der Waals surface area contributed by atoms with Gasteiger partial charge >= 0.3 is 0 Å². The summed E-state index contributed by atoms with van der Waals surface area (Å²) >= 11 is 3.41. The fraction of sp³-hybridized carbons (Fsp3) is 0.167. The van der Waals surface area contributed by atoms with Crippen molar-refractivity contribution in [2.24, 2.45) is 9.98 Å². The second kappa shape index (κ2) is 7.82. The third-order valence-corrected chi connectivity index (χ3v) is 7.12. The van der Waals surface area contributed by atoms with Crippen LogP contribution >= 0.6 is 22.7 Å². The van der Waals surface area contributed by atoms with Crippen LogP contribution in [0.1, 0.15) is 22.3 Å². The van der Waals surface area contributed by atoms with Gasteiger partial charge in [0.15, 0.2) is 9.34 Å². The molecule has 0 bridgehead atoms. The molecule has 140 valence electrons. The van der Waals surface area contributed by atoms with Gasteiger partial charge in [-0.1, -0.05) is 48.5 Å². The number of para-hydroxylation sites is 2. The molecule has 0 fully saturated rings. The minimum atomic E-state index is 0.962. The molecule has 0 saturated heterocycles. The molecule has 0 radical (unpaired) electrons. The fourth-order valence-corrected chi connectivity index (χ4v) is 5.31. The molecule has 4 rings (SSSR count). The third-order valence-electron chi connectivity index (χ3n) is 4.75. The van der Waals surface area contributed by atoms with Gasteiger partial charge in [0.05, 0.1) is 11.4 Å². The van der Waals surface area contributed by atoms with Gasteiger partial charge in [0.2, 0.25) is 0 Å². The van der Waals surface area contributed by atoms with E-state index in [0.717, 1.165) is 20.7 Å². The highest BCUT2D eigenvalue weighted by atomic mass is 32.1. The lowest BCUT2D eigenvalue weighted by atomic mass is 10.1. The highest BCUT2D eigenvalue weighted by molar-refractivity contribution is 7.25. The minimum absolute atomic E-state index is 0.962. The molecule has 0 N–H and O–H groups in total. The zero-order valence-corrected chi connectivity index (χ0v) is 18.1. The van der Waals surface area contributed by atoms with E-state index in [4.69, 9.17) is 9.98 Å². The van der Waals surface area contributed by atoms with Crippen LogP contribution in [-0.4, -0.2) is 0 Å². The summed E-state index contributed by atoms with van der Waals surface area (Å²) in [5.41, 5.74) is 6.82. The number of rotatable bonds is 2. The maximum Gasteiger partial charge on any atom is 0.153 e. The Kier molecular flexibility index (Phi) is 5.25. The number of aryl methyl sites for hydroxylation is 4. The molecule has 0 aliphatic carbocycles. The Morgan fingerprint density at radius 1 is 0.500 bits per heavy atom. The average Bonchev–Trinajstić information content (AvgIpc) is 2.68. The van der Waals surface area contributed by atoms with Gasteiger partial charge in [0.25, 0.3) is 0 Å². The van der Waals surface area contributed by atoms with Crippen molar-refractivity contribution in [1.29, 1.82) is 0 Å². The van der Waals surface area contributed by atoms with Crippen molar-refractivity contribution in [3.05, 3.63) is 92.3 Å². The van der Waals surface area contributed by atoms with Gasteiger partial charge < -0.3 is 0 Å². The molecule has 3 aromatic carbocycles. The number of hydrogen-bond acceptors (Lipinski definition) is 4. The summed E-state index contributed by atoms with van der Waals surface area (Å²) in [6, 6.07) is 21.1. The maximum atomic E-state index is 5.08. The van der Waals surface area contributed by atoms with Crippen molar-refractivity contribution in [3.63, 3.8) is 0 Å². The first kappa shape index (κ1) is 18.8. The lowest BCUT2D eigenvalue weighted by Gasteiger charge is -2.05. The molecule has 4 heteroatoms. The van der Waals surface area contributed by atoms with Crippen LogP contribution in [-0.2, 0) is 0 Å². The van der Waals surface area contributed by atoms with E-state index in [0.29, 0.717) is 0 Å². The van der Waals surface area contributed by atoms with E-state index in [2.05, 4.69) is 88.4 Å². The molecule has 0 aliphatic rings. The van der Waals surface area contributed by atoms with Crippen LogP contribution < -0.4 is 9.34 Å². The van der Waals surface area contributed by atoms with Gasteiger partial charge in [-0.2, -0.15) is 0 Å². The van der Waals surface area contributed by atoms with Crippen LogP contribution in [0.25, 0.3) is 9.40 Å². The van der Waals surface area contributed by atoms with Gasteiger partial charge in [-0.05, 0) is 62.1 Å². The first-order valence-electron chi connectivity index (χ1n) is 9.28. The largest absolute Gasteiger partial charge is 0.234 e. The lowest BCUT2D eigenvalue weighted by Crippen LogP contribution is -2.20. The standard InChI is InChI=1S/C24H22N2S2/c1-15-9-7-10-16(2)21(15)25-23-24(26-22-17(3)11-8-12-18(22)4)28-20-14-6-5-13-19(20)27-23/h5-14H,1-4H3.